The van der Waals surface area contributed by atoms with E-state index in [0.717, 1.165) is 21.0 Å². The van der Waals surface area contributed by atoms with E-state index in [0.29, 0.717) is 22.4 Å². The monoisotopic (exact) mass is 682 g/mol. The minimum atomic E-state index is -1.50. The lowest BCUT2D eigenvalue weighted by atomic mass is 9.49. The van der Waals surface area contributed by atoms with Crippen molar-refractivity contribution in [1.29, 1.82) is 0 Å². The van der Waals surface area contributed by atoms with Gasteiger partial charge in [-0.25, -0.2) is 0 Å². The maximum atomic E-state index is 15.2. The maximum Gasteiger partial charge on any atom is 0.269 e. The molecule has 51 heavy (non-hydrogen) atoms. The largest absolute Gasteiger partial charge is 0.507 e. The SMILES string of the molecule is Cc1ccc(NN2C(=O)C3CC4C(=CCC5C(=O)N(c6ccc([N+](=O)[O-])cc6)C(=O)C54)C(c4cccc(C)c4O)C3(c3ccccc3)C2=O)cc1. The average molecular weight is 683 g/mol. The van der Waals surface area contributed by atoms with E-state index in [9.17, 15) is 29.6 Å². The number of nitro benzene ring substituents is 1. The van der Waals surface area contributed by atoms with Crippen molar-refractivity contribution in [2.45, 2.75) is 38.0 Å². The van der Waals surface area contributed by atoms with Crippen LogP contribution in [0, 0.1) is 47.6 Å². The van der Waals surface area contributed by atoms with Crippen LogP contribution in [0.5, 0.6) is 5.75 Å². The molecule has 3 fully saturated rings. The first-order valence-electron chi connectivity index (χ1n) is 16.9. The quantitative estimate of drug-likeness (QED) is 0.107. The Morgan fingerprint density at radius 3 is 2.22 bits per heavy atom. The molecule has 6 unspecified atom stereocenters. The summed E-state index contributed by atoms with van der Waals surface area (Å²) in [5.41, 5.74) is 5.57. The standard InChI is InChI=1S/C40H34N4O7/c1-22-11-13-25(14-12-22)41-43-37(47)32-21-31-28(19-20-29-33(31)38(48)42(36(29)46)26-15-17-27(18-16-26)44(50)51)34(30-10-6-7-23(2)35(30)45)40(32,39(43)49)24-8-4-3-5-9-24/h3-19,29,31-34,41,45H,20-21H2,1-2H3. The van der Waals surface area contributed by atoms with Gasteiger partial charge in [-0.2, -0.15) is 5.01 Å². The van der Waals surface area contributed by atoms with Crippen LogP contribution in [-0.4, -0.2) is 38.7 Å². The van der Waals surface area contributed by atoms with E-state index >= 15 is 4.79 Å². The number of phenolic OH excluding ortho intramolecular Hbond substituents is 1. The number of amides is 4. The highest BCUT2D eigenvalue weighted by Crippen LogP contribution is 2.65. The number of carbonyl (C=O) groups excluding carboxylic acids is 4. The Bertz CT molecular complexity index is 2170. The van der Waals surface area contributed by atoms with Crippen LogP contribution in [0.25, 0.3) is 0 Å². The Morgan fingerprint density at radius 2 is 1.53 bits per heavy atom. The number of hydrazine groups is 1. The Hall–Kier alpha value is -6.10. The number of aromatic hydroxyl groups is 1. The van der Waals surface area contributed by atoms with Crippen molar-refractivity contribution < 1.29 is 29.2 Å². The van der Waals surface area contributed by atoms with Gasteiger partial charge in [-0.1, -0.05) is 77.9 Å². The molecule has 11 nitrogen and oxygen atoms in total. The molecule has 8 rings (SSSR count). The lowest BCUT2D eigenvalue weighted by molar-refractivity contribution is -0.384. The highest BCUT2D eigenvalue weighted by molar-refractivity contribution is 6.22. The fourth-order valence-corrected chi connectivity index (χ4v) is 8.98. The Labute approximate surface area is 293 Å². The van der Waals surface area contributed by atoms with Crippen molar-refractivity contribution in [2.75, 3.05) is 10.3 Å². The molecule has 6 atom stereocenters. The van der Waals surface area contributed by atoms with Gasteiger partial charge in [-0.15, -0.1) is 0 Å². The predicted molar refractivity (Wildman–Crippen MR) is 187 cm³/mol. The lowest BCUT2D eigenvalue weighted by Gasteiger charge is -2.50. The van der Waals surface area contributed by atoms with Crippen molar-refractivity contribution in [1.82, 2.24) is 5.01 Å². The van der Waals surface area contributed by atoms with E-state index < -0.39 is 63.6 Å². The van der Waals surface area contributed by atoms with Crippen LogP contribution in [0.1, 0.15) is 41.0 Å². The molecule has 4 aliphatic rings. The topological polar surface area (TPSA) is 150 Å². The second-order valence-electron chi connectivity index (χ2n) is 13.9. The number of hydrogen-bond donors (Lipinski definition) is 2. The molecule has 2 heterocycles. The number of nitro groups is 1. The molecule has 2 saturated heterocycles. The first-order chi connectivity index (χ1) is 24.5. The van der Waals surface area contributed by atoms with Gasteiger partial charge in [-0.05, 0) is 68.0 Å². The van der Waals surface area contributed by atoms with Crippen LogP contribution in [0.15, 0.2) is 109 Å². The number of rotatable bonds is 6. The third-order valence-electron chi connectivity index (χ3n) is 11.3. The number of para-hydroxylation sites is 1. The molecule has 4 aromatic carbocycles. The number of aryl methyl sites for hydroxylation is 2. The van der Waals surface area contributed by atoms with E-state index in [1.165, 1.54) is 24.3 Å². The van der Waals surface area contributed by atoms with E-state index in [1.807, 2.05) is 55.5 Å². The second-order valence-corrected chi connectivity index (χ2v) is 13.9. The number of benzene rings is 4. The molecule has 1 saturated carbocycles. The number of allylic oxidation sites excluding steroid dienone is 2. The van der Waals surface area contributed by atoms with Crippen LogP contribution in [0.3, 0.4) is 0 Å². The number of non-ortho nitro benzene ring substituents is 1. The molecule has 0 spiro atoms. The number of carbonyl (C=O) groups is 4. The van der Waals surface area contributed by atoms with Gasteiger partial charge >= 0.3 is 0 Å². The van der Waals surface area contributed by atoms with E-state index in [2.05, 4.69) is 5.43 Å². The van der Waals surface area contributed by atoms with E-state index in [-0.39, 0.29) is 30.0 Å². The van der Waals surface area contributed by atoms with Crippen molar-refractivity contribution in [3.63, 3.8) is 0 Å². The van der Waals surface area contributed by atoms with Crippen molar-refractivity contribution >= 4 is 40.7 Å². The summed E-state index contributed by atoms with van der Waals surface area (Å²) in [5, 5.41) is 24.1. The summed E-state index contributed by atoms with van der Waals surface area (Å²) in [7, 11) is 0. The molecular weight excluding hydrogens is 648 g/mol. The lowest BCUT2D eigenvalue weighted by Crippen LogP contribution is -2.53. The molecule has 2 aliphatic carbocycles. The highest BCUT2D eigenvalue weighted by Gasteiger charge is 2.70. The van der Waals surface area contributed by atoms with Crippen LogP contribution in [-0.2, 0) is 24.6 Å². The molecule has 2 aliphatic heterocycles. The van der Waals surface area contributed by atoms with Crippen molar-refractivity contribution in [3.05, 3.63) is 141 Å². The third kappa shape index (κ3) is 4.64. The molecule has 11 heteroatoms. The second kappa shape index (κ2) is 11.8. The number of phenols is 1. The van der Waals surface area contributed by atoms with Crippen LogP contribution < -0.4 is 10.3 Å². The smallest absolute Gasteiger partial charge is 0.269 e. The van der Waals surface area contributed by atoms with Crippen molar-refractivity contribution in [3.8, 4) is 5.75 Å². The van der Waals surface area contributed by atoms with Gasteiger partial charge in [0.05, 0.1) is 39.5 Å². The first kappa shape index (κ1) is 32.1. The van der Waals surface area contributed by atoms with E-state index in [1.54, 1.807) is 37.3 Å². The Kier molecular flexibility index (Phi) is 7.41. The van der Waals surface area contributed by atoms with Gasteiger partial charge in [0.1, 0.15) is 5.75 Å². The molecule has 0 bridgehead atoms. The molecule has 4 amide bonds. The molecule has 0 aromatic heterocycles. The third-order valence-corrected chi connectivity index (χ3v) is 11.3. The number of fused-ring (bicyclic) bond motifs is 4. The summed E-state index contributed by atoms with van der Waals surface area (Å²) in [6.45, 7) is 3.71. The minimum absolute atomic E-state index is 0.00764. The van der Waals surface area contributed by atoms with Gasteiger partial charge < -0.3 is 5.11 Å². The van der Waals surface area contributed by atoms with E-state index in [4.69, 9.17) is 0 Å². The van der Waals surface area contributed by atoms with Gasteiger partial charge in [0, 0.05) is 23.6 Å². The zero-order valence-electron chi connectivity index (χ0n) is 27.9. The summed E-state index contributed by atoms with van der Waals surface area (Å²) >= 11 is 0. The number of nitrogens with one attached hydrogen (secondary N) is 1. The molecule has 4 aromatic rings. The minimum Gasteiger partial charge on any atom is -0.507 e. The fraction of sp³-hybridized carbons (Fsp3) is 0.250. The summed E-state index contributed by atoms with van der Waals surface area (Å²) in [6, 6.07) is 27.1. The molecule has 0 radical (unpaired) electrons. The summed E-state index contributed by atoms with van der Waals surface area (Å²) < 4.78 is 0. The van der Waals surface area contributed by atoms with Gasteiger partial charge in [-0.3, -0.25) is 39.6 Å². The number of imide groups is 2. The maximum absolute atomic E-state index is 15.2. The van der Waals surface area contributed by atoms with Gasteiger partial charge in [0.15, 0.2) is 0 Å². The van der Waals surface area contributed by atoms with Crippen molar-refractivity contribution in [2.24, 2.45) is 23.7 Å². The molecule has 2 N–H and O–H groups in total. The van der Waals surface area contributed by atoms with Gasteiger partial charge in [0.2, 0.25) is 11.8 Å². The van der Waals surface area contributed by atoms with Crippen LogP contribution in [0.2, 0.25) is 0 Å². The Morgan fingerprint density at radius 1 is 0.824 bits per heavy atom. The average Bonchev–Trinajstić information content (AvgIpc) is 3.51. The van der Waals surface area contributed by atoms with Gasteiger partial charge in [0.25, 0.3) is 17.5 Å². The predicted octanol–water partition coefficient (Wildman–Crippen LogP) is 6.11. The highest BCUT2D eigenvalue weighted by atomic mass is 16.6. The van der Waals surface area contributed by atoms with Crippen LogP contribution in [0.4, 0.5) is 17.1 Å². The summed E-state index contributed by atoms with van der Waals surface area (Å²) in [6.07, 6.45) is 2.24. The number of nitrogens with zero attached hydrogens (tertiary/aromatic N) is 3. The Balaban J connectivity index is 1.30. The summed E-state index contributed by atoms with van der Waals surface area (Å²) in [5.74, 6) is -5.85. The zero-order valence-corrected chi connectivity index (χ0v) is 27.9. The zero-order chi connectivity index (χ0) is 35.8. The fourth-order valence-electron chi connectivity index (χ4n) is 8.98. The van der Waals surface area contributed by atoms with Crippen LogP contribution >= 0.6 is 0 Å². The normalized spacial score (nSPS) is 26.8. The molecular formula is C40H34N4O7. The number of hydrogen-bond acceptors (Lipinski definition) is 8. The first-order valence-corrected chi connectivity index (χ1v) is 16.9. The molecule has 256 valence electrons. The summed E-state index contributed by atoms with van der Waals surface area (Å²) in [4.78, 5) is 70.2. The number of anilines is 2.